The fourth-order valence-electron chi connectivity index (χ4n) is 2.30. The molecule has 0 N–H and O–H groups in total. The minimum atomic E-state index is -0.114. The normalized spacial score (nSPS) is 28.4. The molecule has 17 heavy (non-hydrogen) atoms. The van der Waals surface area contributed by atoms with Crippen LogP contribution in [-0.2, 0) is 14.2 Å². The Bertz CT molecular complexity index is 228. The molecule has 0 bridgehead atoms. The Hall–Kier alpha value is -0.960. The van der Waals surface area contributed by atoms with Crippen LogP contribution in [0.15, 0.2) is 25.7 Å². The lowest BCUT2D eigenvalue weighted by Gasteiger charge is -2.34. The number of ether oxygens (including phenoxy) is 3. The summed E-state index contributed by atoms with van der Waals surface area (Å²) in [6, 6.07) is 0. The van der Waals surface area contributed by atoms with Crippen LogP contribution in [0.2, 0.25) is 0 Å². The highest BCUT2D eigenvalue weighted by atomic mass is 16.7. The van der Waals surface area contributed by atoms with E-state index in [9.17, 15) is 0 Å². The summed E-state index contributed by atoms with van der Waals surface area (Å²) in [6.07, 6.45) is 8.52. The van der Waals surface area contributed by atoms with E-state index >= 15 is 0 Å². The lowest BCUT2D eigenvalue weighted by atomic mass is 9.89. The zero-order valence-electron chi connectivity index (χ0n) is 10.8. The molecule has 0 saturated carbocycles. The van der Waals surface area contributed by atoms with E-state index in [4.69, 9.17) is 14.2 Å². The lowest BCUT2D eigenvalue weighted by molar-refractivity contribution is -0.182. The summed E-state index contributed by atoms with van der Waals surface area (Å²) in [4.78, 5) is 0. The molecule has 3 heteroatoms. The molecule has 0 aromatic carbocycles. The van der Waals surface area contributed by atoms with Gasteiger partial charge in [-0.3, -0.25) is 0 Å². The first-order valence-electron chi connectivity index (χ1n) is 6.44. The molecule has 98 valence electrons. The molecule has 0 radical (unpaired) electrons. The van der Waals surface area contributed by atoms with Gasteiger partial charge in [0.15, 0.2) is 6.29 Å². The van der Waals surface area contributed by atoms with Crippen LogP contribution in [0.25, 0.3) is 0 Å². The molecule has 3 unspecified atom stereocenters. The van der Waals surface area contributed by atoms with Crippen LogP contribution in [0.1, 0.15) is 39.0 Å². The van der Waals surface area contributed by atoms with Gasteiger partial charge in [0.05, 0.1) is 25.2 Å². The first-order valence-corrected chi connectivity index (χ1v) is 6.44. The average Bonchev–Trinajstić information content (AvgIpc) is 2.35. The topological polar surface area (TPSA) is 27.7 Å². The Morgan fingerprint density at radius 2 is 2.12 bits per heavy atom. The van der Waals surface area contributed by atoms with Gasteiger partial charge >= 0.3 is 0 Å². The van der Waals surface area contributed by atoms with Crippen molar-refractivity contribution >= 4 is 0 Å². The van der Waals surface area contributed by atoms with Crippen molar-refractivity contribution in [3.8, 4) is 0 Å². The molecule has 1 saturated heterocycles. The summed E-state index contributed by atoms with van der Waals surface area (Å²) >= 11 is 0. The molecule has 3 atom stereocenters. The second kappa shape index (κ2) is 8.18. The lowest BCUT2D eigenvalue weighted by Crippen LogP contribution is -2.33. The molecule has 0 aromatic heterocycles. The van der Waals surface area contributed by atoms with Crippen molar-refractivity contribution in [2.75, 3.05) is 6.61 Å². The van der Waals surface area contributed by atoms with Crippen molar-refractivity contribution in [3.05, 3.63) is 25.7 Å². The zero-order chi connectivity index (χ0) is 12.5. The molecule has 1 aliphatic heterocycles. The Balaban J connectivity index is 2.31. The van der Waals surface area contributed by atoms with Crippen molar-refractivity contribution in [1.29, 1.82) is 0 Å². The van der Waals surface area contributed by atoms with E-state index in [2.05, 4.69) is 20.1 Å². The van der Waals surface area contributed by atoms with Gasteiger partial charge < -0.3 is 14.2 Å². The molecular weight excluding hydrogens is 216 g/mol. The van der Waals surface area contributed by atoms with E-state index < -0.39 is 0 Å². The van der Waals surface area contributed by atoms with Crippen molar-refractivity contribution < 1.29 is 14.2 Å². The summed E-state index contributed by atoms with van der Waals surface area (Å²) in [5.74, 6) is 0.659. The Morgan fingerprint density at radius 3 is 2.76 bits per heavy atom. The van der Waals surface area contributed by atoms with E-state index in [1.54, 1.807) is 0 Å². The van der Waals surface area contributed by atoms with E-state index in [-0.39, 0.29) is 6.29 Å². The second-order valence-corrected chi connectivity index (χ2v) is 4.42. The third kappa shape index (κ3) is 5.26. The van der Waals surface area contributed by atoms with E-state index in [0.717, 1.165) is 38.7 Å². The van der Waals surface area contributed by atoms with Gasteiger partial charge in [0.2, 0.25) is 0 Å². The van der Waals surface area contributed by atoms with Crippen LogP contribution < -0.4 is 0 Å². The highest BCUT2D eigenvalue weighted by Gasteiger charge is 2.28. The standard InChI is InChI=1S/C14H24O3/c1-4-13-10-12(8-7-9-15-5-2)11-14(17-13)16-6-3/h5-6,12-14H,2-4,7-11H2,1H3. The smallest absolute Gasteiger partial charge is 0.199 e. The maximum atomic E-state index is 5.79. The molecule has 1 fully saturated rings. The molecule has 0 spiro atoms. The largest absolute Gasteiger partial charge is 0.502 e. The number of hydrogen-bond donors (Lipinski definition) is 0. The van der Waals surface area contributed by atoms with Gasteiger partial charge in [0, 0.05) is 6.42 Å². The molecule has 3 nitrogen and oxygen atoms in total. The third-order valence-electron chi connectivity index (χ3n) is 3.16. The van der Waals surface area contributed by atoms with Crippen LogP contribution in [0, 0.1) is 5.92 Å². The zero-order valence-corrected chi connectivity index (χ0v) is 10.8. The quantitative estimate of drug-likeness (QED) is 0.479. The minimum absolute atomic E-state index is 0.114. The molecule has 1 heterocycles. The van der Waals surface area contributed by atoms with Gasteiger partial charge in [-0.1, -0.05) is 20.1 Å². The van der Waals surface area contributed by atoms with E-state index in [0.29, 0.717) is 12.0 Å². The van der Waals surface area contributed by atoms with Gasteiger partial charge in [-0.05, 0) is 31.6 Å². The molecular formula is C14H24O3. The SMILES string of the molecule is C=COCCCC1CC(CC)OC(OC=C)C1. The first kappa shape index (κ1) is 14.1. The molecule has 0 aliphatic carbocycles. The minimum Gasteiger partial charge on any atom is -0.502 e. The Labute approximate surface area is 104 Å². The van der Waals surface area contributed by atoms with Crippen LogP contribution >= 0.6 is 0 Å². The van der Waals surface area contributed by atoms with Gasteiger partial charge in [-0.15, -0.1) is 0 Å². The fourth-order valence-corrected chi connectivity index (χ4v) is 2.30. The number of rotatable bonds is 8. The molecule has 0 amide bonds. The summed E-state index contributed by atoms with van der Waals surface area (Å²) in [5.41, 5.74) is 0. The fraction of sp³-hybridized carbons (Fsp3) is 0.714. The highest BCUT2D eigenvalue weighted by Crippen LogP contribution is 2.30. The maximum Gasteiger partial charge on any atom is 0.199 e. The van der Waals surface area contributed by atoms with Gasteiger partial charge in [-0.2, -0.15) is 0 Å². The number of hydrogen-bond acceptors (Lipinski definition) is 3. The van der Waals surface area contributed by atoms with Crippen molar-refractivity contribution in [2.45, 2.75) is 51.4 Å². The van der Waals surface area contributed by atoms with Crippen molar-refractivity contribution in [1.82, 2.24) is 0 Å². The van der Waals surface area contributed by atoms with Gasteiger partial charge in [-0.25, -0.2) is 0 Å². The summed E-state index contributed by atoms with van der Waals surface area (Å²) in [6.45, 7) is 10.0. The van der Waals surface area contributed by atoms with Crippen LogP contribution in [0.3, 0.4) is 0 Å². The van der Waals surface area contributed by atoms with Gasteiger partial charge in [0.1, 0.15) is 0 Å². The summed E-state index contributed by atoms with van der Waals surface area (Å²) < 4.78 is 16.3. The average molecular weight is 240 g/mol. The molecule has 1 rings (SSSR count). The molecule has 1 aliphatic rings. The Morgan fingerprint density at radius 1 is 1.29 bits per heavy atom. The predicted octanol–water partition coefficient (Wildman–Crippen LogP) is 3.62. The third-order valence-corrected chi connectivity index (χ3v) is 3.16. The summed E-state index contributed by atoms with van der Waals surface area (Å²) in [5, 5.41) is 0. The van der Waals surface area contributed by atoms with Crippen molar-refractivity contribution in [2.24, 2.45) is 5.92 Å². The van der Waals surface area contributed by atoms with Crippen LogP contribution in [-0.4, -0.2) is 19.0 Å². The summed E-state index contributed by atoms with van der Waals surface area (Å²) in [7, 11) is 0. The predicted molar refractivity (Wildman–Crippen MR) is 68.3 cm³/mol. The second-order valence-electron chi connectivity index (χ2n) is 4.42. The van der Waals surface area contributed by atoms with Crippen LogP contribution in [0.5, 0.6) is 0 Å². The Kier molecular flexibility index (Phi) is 6.78. The van der Waals surface area contributed by atoms with E-state index in [1.165, 1.54) is 12.5 Å². The van der Waals surface area contributed by atoms with E-state index in [1.807, 2.05) is 0 Å². The highest BCUT2D eigenvalue weighted by molar-refractivity contribution is 4.74. The maximum absolute atomic E-state index is 5.79. The van der Waals surface area contributed by atoms with Crippen molar-refractivity contribution in [3.63, 3.8) is 0 Å². The van der Waals surface area contributed by atoms with Crippen LogP contribution in [0.4, 0.5) is 0 Å². The van der Waals surface area contributed by atoms with Gasteiger partial charge in [0.25, 0.3) is 0 Å². The molecule has 0 aromatic rings. The first-order chi connectivity index (χ1) is 8.30. The monoisotopic (exact) mass is 240 g/mol.